The van der Waals surface area contributed by atoms with E-state index in [0.717, 1.165) is 0 Å². The minimum absolute atomic E-state index is 0.0788. The molecule has 106 valence electrons. The van der Waals surface area contributed by atoms with E-state index in [9.17, 15) is 9.90 Å². The number of para-hydroxylation sites is 2. The van der Waals surface area contributed by atoms with Crippen molar-refractivity contribution >= 4 is 5.91 Å². The van der Waals surface area contributed by atoms with Crippen molar-refractivity contribution in [3.8, 4) is 11.5 Å². The predicted molar refractivity (Wildman–Crippen MR) is 72.4 cm³/mol. The van der Waals surface area contributed by atoms with Crippen molar-refractivity contribution in [1.29, 1.82) is 0 Å². The summed E-state index contributed by atoms with van der Waals surface area (Å²) >= 11 is 0. The Morgan fingerprint density at radius 1 is 1.32 bits per heavy atom. The molecule has 5 nitrogen and oxygen atoms in total. The van der Waals surface area contributed by atoms with Crippen molar-refractivity contribution in [1.82, 2.24) is 5.32 Å². The first-order valence-electron chi connectivity index (χ1n) is 6.26. The molecule has 0 aromatic heterocycles. The Kier molecular flexibility index (Phi) is 6.15. The molecule has 0 aliphatic carbocycles. The normalized spacial score (nSPS) is 13.5. The lowest BCUT2D eigenvalue weighted by Crippen LogP contribution is -2.37. The summed E-state index contributed by atoms with van der Waals surface area (Å²) in [6.07, 6.45) is 0.0749. The van der Waals surface area contributed by atoms with Crippen LogP contribution in [0.25, 0.3) is 0 Å². The first-order valence-corrected chi connectivity index (χ1v) is 6.26. The molecule has 1 rings (SSSR count). The van der Waals surface area contributed by atoms with Crippen LogP contribution >= 0.6 is 0 Å². The molecule has 1 aromatic rings. The lowest BCUT2D eigenvalue weighted by molar-refractivity contribution is -0.123. The van der Waals surface area contributed by atoms with Gasteiger partial charge in [0.2, 0.25) is 0 Å². The average molecular weight is 267 g/mol. The van der Waals surface area contributed by atoms with Crippen LogP contribution in [0, 0.1) is 0 Å². The number of aliphatic hydroxyl groups is 1. The number of ether oxygens (including phenoxy) is 2. The van der Waals surface area contributed by atoms with Gasteiger partial charge in [0.05, 0.1) is 13.2 Å². The number of methoxy groups -OCH3 is 1. The van der Waals surface area contributed by atoms with Crippen molar-refractivity contribution in [2.24, 2.45) is 0 Å². The van der Waals surface area contributed by atoms with Crippen molar-refractivity contribution in [2.45, 2.75) is 32.4 Å². The lowest BCUT2D eigenvalue weighted by atomic mass is 10.1. The Morgan fingerprint density at radius 2 is 1.95 bits per heavy atom. The van der Waals surface area contributed by atoms with Gasteiger partial charge in [-0.2, -0.15) is 0 Å². The highest BCUT2D eigenvalue weighted by Gasteiger charge is 2.11. The third-order valence-corrected chi connectivity index (χ3v) is 2.53. The van der Waals surface area contributed by atoms with Crippen LogP contribution in [0.4, 0.5) is 0 Å². The average Bonchev–Trinajstić information content (AvgIpc) is 2.35. The summed E-state index contributed by atoms with van der Waals surface area (Å²) in [5.41, 5.74) is 0. The van der Waals surface area contributed by atoms with Gasteiger partial charge in [0.15, 0.2) is 18.1 Å². The molecule has 0 heterocycles. The van der Waals surface area contributed by atoms with Crippen LogP contribution in [0.1, 0.15) is 20.3 Å². The van der Waals surface area contributed by atoms with Crippen molar-refractivity contribution in [3.63, 3.8) is 0 Å². The Bertz CT molecular complexity index is 406. The van der Waals surface area contributed by atoms with Gasteiger partial charge in [-0.25, -0.2) is 0 Å². The Balaban J connectivity index is 2.41. The van der Waals surface area contributed by atoms with E-state index in [4.69, 9.17) is 9.47 Å². The third-order valence-electron chi connectivity index (χ3n) is 2.53. The van der Waals surface area contributed by atoms with Gasteiger partial charge in [-0.05, 0) is 32.4 Å². The van der Waals surface area contributed by atoms with Gasteiger partial charge >= 0.3 is 0 Å². The number of rotatable bonds is 7. The van der Waals surface area contributed by atoms with Crippen LogP contribution in [0.2, 0.25) is 0 Å². The minimum Gasteiger partial charge on any atom is -0.493 e. The molecule has 5 heteroatoms. The minimum atomic E-state index is -0.439. The zero-order valence-electron chi connectivity index (χ0n) is 11.6. The molecular weight excluding hydrogens is 246 g/mol. The maximum Gasteiger partial charge on any atom is 0.258 e. The van der Waals surface area contributed by atoms with Gasteiger partial charge in [0.25, 0.3) is 5.91 Å². The fourth-order valence-corrected chi connectivity index (χ4v) is 1.77. The number of nitrogens with one attached hydrogen (secondary N) is 1. The van der Waals surface area contributed by atoms with Gasteiger partial charge in [0.1, 0.15) is 0 Å². The molecule has 1 amide bonds. The van der Waals surface area contributed by atoms with Gasteiger partial charge in [-0.3, -0.25) is 4.79 Å². The smallest absolute Gasteiger partial charge is 0.258 e. The Morgan fingerprint density at radius 3 is 2.53 bits per heavy atom. The molecule has 0 fully saturated rings. The number of hydrogen-bond acceptors (Lipinski definition) is 4. The molecular formula is C14H21NO4. The topological polar surface area (TPSA) is 67.8 Å². The highest BCUT2D eigenvalue weighted by Crippen LogP contribution is 2.25. The summed E-state index contributed by atoms with van der Waals surface area (Å²) in [6, 6.07) is 7.06. The van der Waals surface area contributed by atoms with Crippen LogP contribution in [0.15, 0.2) is 24.3 Å². The molecule has 1 aromatic carbocycles. The zero-order valence-corrected chi connectivity index (χ0v) is 11.6. The van der Waals surface area contributed by atoms with E-state index in [1.807, 2.05) is 19.1 Å². The predicted octanol–water partition coefficient (Wildman–Crippen LogP) is 1.35. The Hall–Kier alpha value is -1.75. The molecule has 0 spiro atoms. The quantitative estimate of drug-likeness (QED) is 0.782. The maximum atomic E-state index is 11.6. The molecule has 2 unspecified atom stereocenters. The summed E-state index contributed by atoms with van der Waals surface area (Å²) < 4.78 is 10.5. The third kappa shape index (κ3) is 5.61. The number of carbonyl (C=O) groups excluding carboxylic acids is 1. The second kappa shape index (κ2) is 7.63. The van der Waals surface area contributed by atoms with Crippen LogP contribution in [-0.4, -0.2) is 36.9 Å². The highest BCUT2D eigenvalue weighted by atomic mass is 16.5. The number of hydrogen-bond donors (Lipinski definition) is 2. The molecule has 0 saturated heterocycles. The summed E-state index contributed by atoms with van der Waals surface area (Å²) in [7, 11) is 1.55. The summed E-state index contributed by atoms with van der Waals surface area (Å²) in [4.78, 5) is 11.6. The summed E-state index contributed by atoms with van der Waals surface area (Å²) in [6.45, 7) is 3.45. The van der Waals surface area contributed by atoms with Gasteiger partial charge in [0, 0.05) is 6.04 Å². The van der Waals surface area contributed by atoms with E-state index >= 15 is 0 Å². The Labute approximate surface area is 113 Å². The molecule has 2 N–H and O–H groups in total. The number of aliphatic hydroxyl groups excluding tert-OH is 1. The van der Waals surface area contributed by atoms with Gasteiger partial charge < -0.3 is 19.9 Å². The molecule has 0 aliphatic heterocycles. The van der Waals surface area contributed by atoms with Crippen LogP contribution < -0.4 is 14.8 Å². The molecule has 19 heavy (non-hydrogen) atoms. The van der Waals surface area contributed by atoms with E-state index in [1.165, 1.54) is 0 Å². The van der Waals surface area contributed by atoms with Crippen molar-refractivity contribution < 1.29 is 19.4 Å². The lowest BCUT2D eigenvalue weighted by Gasteiger charge is -2.16. The van der Waals surface area contributed by atoms with Crippen LogP contribution in [0.3, 0.4) is 0 Å². The van der Waals surface area contributed by atoms with E-state index in [2.05, 4.69) is 5.32 Å². The van der Waals surface area contributed by atoms with Crippen LogP contribution in [-0.2, 0) is 4.79 Å². The zero-order chi connectivity index (χ0) is 14.3. The second-order valence-corrected chi connectivity index (χ2v) is 4.49. The van der Waals surface area contributed by atoms with Crippen molar-refractivity contribution in [2.75, 3.05) is 13.7 Å². The van der Waals surface area contributed by atoms with Crippen molar-refractivity contribution in [3.05, 3.63) is 24.3 Å². The maximum absolute atomic E-state index is 11.6. The van der Waals surface area contributed by atoms with Gasteiger partial charge in [-0.1, -0.05) is 12.1 Å². The van der Waals surface area contributed by atoms with E-state index in [1.54, 1.807) is 26.2 Å². The SMILES string of the molecule is COc1ccccc1OCC(=O)NC(C)CC(C)O. The molecule has 0 aliphatic rings. The highest BCUT2D eigenvalue weighted by molar-refractivity contribution is 5.77. The number of amides is 1. The van der Waals surface area contributed by atoms with E-state index in [-0.39, 0.29) is 18.6 Å². The first-order chi connectivity index (χ1) is 9.02. The van der Waals surface area contributed by atoms with Crippen LogP contribution in [0.5, 0.6) is 11.5 Å². The first kappa shape index (κ1) is 15.3. The number of benzene rings is 1. The monoisotopic (exact) mass is 267 g/mol. The fourth-order valence-electron chi connectivity index (χ4n) is 1.77. The second-order valence-electron chi connectivity index (χ2n) is 4.49. The van der Waals surface area contributed by atoms with E-state index < -0.39 is 6.10 Å². The molecule has 2 atom stereocenters. The summed E-state index contributed by atoms with van der Waals surface area (Å²) in [5, 5.41) is 12.0. The van der Waals surface area contributed by atoms with E-state index in [0.29, 0.717) is 17.9 Å². The largest absolute Gasteiger partial charge is 0.493 e. The van der Waals surface area contributed by atoms with Gasteiger partial charge in [-0.15, -0.1) is 0 Å². The number of carbonyl (C=O) groups is 1. The summed E-state index contributed by atoms with van der Waals surface area (Å²) in [5.74, 6) is 0.898. The fraction of sp³-hybridized carbons (Fsp3) is 0.500. The molecule has 0 bridgehead atoms. The molecule has 0 saturated carbocycles. The molecule has 0 radical (unpaired) electrons. The standard InChI is InChI=1S/C14H21NO4/c1-10(8-11(2)16)15-14(17)9-19-13-7-5-4-6-12(13)18-3/h4-7,10-11,16H,8-9H2,1-3H3,(H,15,17).